The maximum Gasteiger partial charge on any atom is 0.0192 e. The number of nitrogens with zero attached hydrogens (tertiary/aromatic N) is 1. The zero-order valence-corrected chi connectivity index (χ0v) is 8.21. The molecule has 2 nitrogen and oxygen atoms in total. The molecule has 1 unspecified atom stereocenters. The van der Waals surface area contributed by atoms with Crippen LogP contribution < -0.4 is 5.32 Å². The molecule has 1 aliphatic rings. The average molecular weight is 168 g/mol. The minimum absolute atomic E-state index is 0.614. The molecule has 1 fully saturated rings. The summed E-state index contributed by atoms with van der Waals surface area (Å²) in [5.74, 6) is 0. The Kier molecular flexibility index (Phi) is 3.76. The summed E-state index contributed by atoms with van der Waals surface area (Å²) in [6, 6.07) is 1.44. The van der Waals surface area contributed by atoms with Crippen LogP contribution in [0.2, 0.25) is 0 Å². The van der Waals surface area contributed by atoms with Gasteiger partial charge < -0.3 is 5.32 Å². The highest BCUT2D eigenvalue weighted by Crippen LogP contribution is 2.18. The van der Waals surface area contributed by atoms with Crippen LogP contribution in [-0.2, 0) is 0 Å². The van der Waals surface area contributed by atoms with Crippen molar-refractivity contribution in [3.63, 3.8) is 0 Å². The van der Waals surface area contributed by atoms with Crippen LogP contribution in [0.4, 0.5) is 0 Å². The summed E-state index contributed by atoms with van der Waals surface area (Å²) in [7, 11) is 2.14. The molecule has 0 aromatic heterocycles. The summed E-state index contributed by atoms with van der Waals surface area (Å²) >= 11 is 0. The lowest BCUT2D eigenvalue weighted by Gasteiger charge is -2.23. The fraction of sp³-hybridized carbons (Fsp3) is 0.800. The van der Waals surface area contributed by atoms with Crippen LogP contribution in [0.3, 0.4) is 0 Å². The Morgan fingerprint density at radius 2 is 2.33 bits per heavy atom. The Balaban J connectivity index is 2.07. The van der Waals surface area contributed by atoms with Gasteiger partial charge in [0.1, 0.15) is 0 Å². The molecule has 0 saturated heterocycles. The summed E-state index contributed by atoms with van der Waals surface area (Å²) in [5.41, 5.74) is 0. The summed E-state index contributed by atoms with van der Waals surface area (Å²) in [4.78, 5) is 2.31. The predicted octanol–water partition coefficient (Wildman–Crippen LogP) is 1.24. The monoisotopic (exact) mass is 168 g/mol. The molecule has 1 saturated carbocycles. The van der Waals surface area contributed by atoms with Gasteiger partial charge in [0.2, 0.25) is 0 Å². The molecule has 0 heterocycles. The molecule has 0 spiro atoms. The van der Waals surface area contributed by atoms with E-state index in [1.165, 1.54) is 12.8 Å². The molecule has 0 amide bonds. The molecule has 1 rings (SSSR count). The third-order valence-electron chi connectivity index (χ3n) is 2.45. The summed E-state index contributed by atoms with van der Waals surface area (Å²) in [5, 5.41) is 3.52. The first-order chi connectivity index (χ1) is 5.74. The van der Waals surface area contributed by atoms with E-state index in [2.05, 4.69) is 30.8 Å². The lowest BCUT2D eigenvalue weighted by atomic mass is 10.3. The lowest BCUT2D eigenvalue weighted by molar-refractivity contribution is 0.275. The van der Waals surface area contributed by atoms with Crippen molar-refractivity contribution in [3.8, 4) is 0 Å². The zero-order valence-electron chi connectivity index (χ0n) is 8.21. The lowest BCUT2D eigenvalue weighted by Crippen LogP contribution is -2.38. The van der Waals surface area contributed by atoms with Crippen molar-refractivity contribution in [3.05, 3.63) is 12.7 Å². The van der Waals surface area contributed by atoms with Crippen molar-refractivity contribution in [1.29, 1.82) is 0 Å². The van der Waals surface area contributed by atoms with E-state index >= 15 is 0 Å². The van der Waals surface area contributed by atoms with Gasteiger partial charge in [-0.3, -0.25) is 4.90 Å². The quantitative estimate of drug-likeness (QED) is 0.600. The third kappa shape index (κ3) is 3.37. The minimum atomic E-state index is 0.614. The molecule has 0 bridgehead atoms. The molecule has 12 heavy (non-hydrogen) atoms. The Bertz CT molecular complexity index is 141. The van der Waals surface area contributed by atoms with Crippen molar-refractivity contribution < 1.29 is 0 Å². The highest BCUT2D eigenvalue weighted by Gasteiger charge is 2.21. The van der Waals surface area contributed by atoms with Crippen LogP contribution in [0.25, 0.3) is 0 Å². The first-order valence-corrected chi connectivity index (χ1v) is 4.78. The van der Waals surface area contributed by atoms with Gasteiger partial charge in [0.05, 0.1) is 0 Å². The second-order valence-corrected chi connectivity index (χ2v) is 3.76. The smallest absolute Gasteiger partial charge is 0.0192 e. The van der Waals surface area contributed by atoms with Crippen molar-refractivity contribution >= 4 is 0 Å². The number of hydrogen-bond donors (Lipinski definition) is 1. The van der Waals surface area contributed by atoms with Crippen LogP contribution >= 0.6 is 0 Å². The van der Waals surface area contributed by atoms with Crippen molar-refractivity contribution in [2.45, 2.75) is 31.8 Å². The van der Waals surface area contributed by atoms with Crippen LogP contribution in [0.1, 0.15) is 19.8 Å². The Labute approximate surface area is 75.6 Å². The van der Waals surface area contributed by atoms with Gasteiger partial charge in [-0.2, -0.15) is 0 Å². The second-order valence-electron chi connectivity index (χ2n) is 3.76. The van der Waals surface area contributed by atoms with E-state index < -0.39 is 0 Å². The van der Waals surface area contributed by atoms with E-state index in [9.17, 15) is 0 Å². The van der Waals surface area contributed by atoms with E-state index in [1.54, 1.807) is 0 Å². The molecule has 70 valence electrons. The van der Waals surface area contributed by atoms with Crippen molar-refractivity contribution in [2.75, 3.05) is 20.1 Å². The first-order valence-electron chi connectivity index (χ1n) is 4.78. The molecule has 0 aliphatic heterocycles. The molecular weight excluding hydrogens is 148 g/mol. The van der Waals surface area contributed by atoms with Gasteiger partial charge >= 0.3 is 0 Å². The van der Waals surface area contributed by atoms with E-state index in [1.807, 2.05) is 6.08 Å². The number of likely N-dealkylation sites (N-methyl/N-ethyl adjacent to an activating group) is 1. The SMILES string of the molecule is C=CCN(C)C(C)CNC1CC1. The number of hydrogen-bond acceptors (Lipinski definition) is 2. The van der Waals surface area contributed by atoms with Gasteiger partial charge in [-0.25, -0.2) is 0 Å². The van der Waals surface area contributed by atoms with Gasteiger partial charge in [0.25, 0.3) is 0 Å². The number of nitrogens with one attached hydrogen (secondary N) is 1. The van der Waals surface area contributed by atoms with Gasteiger partial charge in [-0.05, 0) is 26.8 Å². The summed E-state index contributed by atoms with van der Waals surface area (Å²) in [6.45, 7) is 8.06. The van der Waals surface area contributed by atoms with E-state index in [0.717, 1.165) is 19.1 Å². The zero-order chi connectivity index (χ0) is 8.97. The van der Waals surface area contributed by atoms with E-state index in [-0.39, 0.29) is 0 Å². The van der Waals surface area contributed by atoms with Crippen molar-refractivity contribution in [2.24, 2.45) is 0 Å². The maximum atomic E-state index is 3.73. The average Bonchev–Trinajstić information content (AvgIpc) is 2.83. The van der Waals surface area contributed by atoms with Gasteiger partial charge in [0.15, 0.2) is 0 Å². The predicted molar refractivity (Wildman–Crippen MR) is 53.3 cm³/mol. The normalized spacial score (nSPS) is 19.6. The van der Waals surface area contributed by atoms with Crippen LogP contribution in [0, 0.1) is 0 Å². The number of rotatable bonds is 6. The fourth-order valence-corrected chi connectivity index (χ4v) is 1.16. The van der Waals surface area contributed by atoms with Crippen LogP contribution in [0.5, 0.6) is 0 Å². The van der Waals surface area contributed by atoms with Gasteiger partial charge in [-0.1, -0.05) is 6.08 Å². The summed E-state index contributed by atoms with van der Waals surface area (Å²) < 4.78 is 0. The Morgan fingerprint density at radius 1 is 1.67 bits per heavy atom. The molecular formula is C10H20N2. The highest BCUT2D eigenvalue weighted by atomic mass is 15.1. The maximum absolute atomic E-state index is 3.73. The fourth-order valence-electron chi connectivity index (χ4n) is 1.16. The molecule has 1 aliphatic carbocycles. The third-order valence-corrected chi connectivity index (χ3v) is 2.45. The summed E-state index contributed by atoms with van der Waals surface area (Å²) in [6.07, 6.45) is 4.70. The van der Waals surface area contributed by atoms with E-state index in [0.29, 0.717) is 6.04 Å². The van der Waals surface area contributed by atoms with E-state index in [4.69, 9.17) is 0 Å². The Morgan fingerprint density at radius 3 is 2.83 bits per heavy atom. The Hall–Kier alpha value is -0.340. The molecule has 0 aromatic rings. The second kappa shape index (κ2) is 4.63. The van der Waals surface area contributed by atoms with Crippen LogP contribution in [-0.4, -0.2) is 37.1 Å². The first kappa shape index (κ1) is 9.75. The molecule has 2 heteroatoms. The molecule has 0 aromatic carbocycles. The van der Waals surface area contributed by atoms with Crippen LogP contribution in [0.15, 0.2) is 12.7 Å². The highest BCUT2D eigenvalue weighted by molar-refractivity contribution is 4.83. The topological polar surface area (TPSA) is 15.3 Å². The molecule has 0 radical (unpaired) electrons. The minimum Gasteiger partial charge on any atom is -0.312 e. The molecule has 1 N–H and O–H groups in total. The largest absolute Gasteiger partial charge is 0.312 e. The standard InChI is InChI=1S/C10H20N2/c1-4-7-12(3)9(2)8-11-10-5-6-10/h4,9-11H,1,5-8H2,2-3H3. The molecule has 1 atom stereocenters. The van der Waals surface area contributed by atoms with Gasteiger partial charge in [0, 0.05) is 25.2 Å². The van der Waals surface area contributed by atoms with Gasteiger partial charge in [-0.15, -0.1) is 6.58 Å². The van der Waals surface area contributed by atoms with Crippen molar-refractivity contribution in [1.82, 2.24) is 10.2 Å².